The van der Waals surface area contributed by atoms with Crippen molar-refractivity contribution < 1.29 is 62.6 Å². The Bertz CT molecular complexity index is 2480. The topological polar surface area (TPSA) is 288 Å². The Morgan fingerprint density at radius 1 is 0.478 bits per heavy atom. The van der Waals surface area contributed by atoms with Crippen molar-refractivity contribution in [3.8, 4) is 0 Å². The second-order valence-electron chi connectivity index (χ2n) is 27.6. The number of carbonyl (C=O) groups is 11. The molecule has 0 radical (unpaired) electrons. The van der Waals surface area contributed by atoms with Crippen molar-refractivity contribution in [2.24, 2.45) is 41.4 Å². The number of aliphatic hydroxyl groups excluding tert-OH is 1. The van der Waals surface area contributed by atoms with Gasteiger partial charge in [0.25, 0.3) is 0 Å². The molecule has 0 aliphatic carbocycles. The van der Waals surface area contributed by atoms with Crippen molar-refractivity contribution in [2.75, 3.05) is 74.6 Å². The molecule has 1 heterocycles. The van der Waals surface area contributed by atoms with Gasteiger partial charge in [-0.25, -0.2) is 0 Å². The number of unbranched alkanes of at least 4 members (excludes halogenated alkanes) is 1. The van der Waals surface area contributed by atoms with Gasteiger partial charge in [-0.3, -0.25) is 52.7 Å². The zero-order valence-electron chi connectivity index (χ0n) is 60.6. The van der Waals surface area contributed by atoms with Crippen molar-refractivity contribution in [2.45, 2.75) is 235 Å². The van der Waals surface area contributed by atoms with Gasteiger partial charge in [-0.15, -0.1) is 0 Å². The van der Waals surface area contributed by atoms with Crippen LogP contribution >= 0.6 is 11.8 Å². The van der Waals surface area contributed by atoms with E-state index in [2.05, 4.69) is 21.3 Å². The summed E-state index contributed by atoms with van der Waals surface area (Å²) >= 11 is 1.42. The number of aliphatic hydroxyl groups is 1. The number of nitrogens with one attached hydrogen (secondary N) is 4. The van der Waals surface area contributed by atoms with Crippen LogP contribution in [0, 0.1) is 41.4 Å². The molecule has 0 saturated carbocycles. The van der Waals surface area contributed by atoms with Crippen molar-refractivity contribution in [3.63, 3.8) is 0 Å². The van der Waals surface area contributed by atoms with E-state index in [0.717, 1.165) is 17.7 Å². The van der Waals surface area contributed by atoms with Gasteiger partial charge in [0, 0.05) is 68.8 Å². The Morgan fingerprint density at radius 3 is 1.39 bits per heavy atom. The first kappa shape index (κ1) is 84.2. The molecule has 528 valence electrons. The largest absolute Gasteiger partial charge is 0.390 e. The first-order valence-electron chi connectivity index (χ1n) is 33.1. The number of allylic oxidation sites excluding steroid dienone is 2. The van der Waals surface area contributed by atoms with E-state index in [9.17, 15) is 29.1 Å². The van der Waals surface area contributed by atoms with Gasteiger partial charge in [0.15, 0.2) is 0 Å². The lowest BCUT2D eigenvalue weighted by Crippen LogP contribution is -2.64. The van der Waals surface area contributed by atoms with Gasteiger partial charge >= 0.3 is 0 Å². The van der Waals surface area contributed by atoms with Crippen LogP contribution in [0.3, 0.4) is 0 Å². The molecule has 0 spiro atoms. The number of amides is 11. The Morgan fingerprint density at radius 2 is 0.913 bits per heavy atom. The van der Waals surface area contributed by atoms with Crippen molar-refractivity contribution >= 4 is 76.7 Å². The Hall–Kier alpha value is -5.82. The van der Waals surface area contributed by atoms with Gasteiger partial charge in [-0.1, -0.05) is 109 Å². The fourth-order valence-corrected chi connectivity index (χ4v) is 12.8. The van der Waals surface area contributed by atoms with Crippen LogP contribution in [-0.2, 0) is 57.5 Å². The van der Waals surface area contributed by atoms with Crippen molar-refractivity contribution in [1.29, 1.82) is 0 Å². The average molecular weight is 1320 g/mol. The van der Waals surface area contributed by atoms with E-state index in [4.69, 9.17) is 4.74 Å². The highest BCUT2D eigenvalue weighted by Crippen LogP contribution is 2.26. The van der Waals surface area contributed by atoms with Crippen molar-refractivity contribution in [3.05, 3.63) is 12.2 Å². The molecule has 1 aliphatic heterocycles. The minimum atomic E-state index is -1.63. The summed E-state index contributed by atoms with van der Waals surface area (Å²) in [6, 6.07) is -13.8. The molecule has 11 amide bonds. The molecule has 0 bridgehead atoms. The highest BCUT2D eigenvalue weighted by atomic mass is 32.2. The maximum Gasteiger partial charge on any atom is 0.246 e. The van der Waals surface area contributed by atoms with E-state index in [1.54, 1.807) is 68.6 Å². The van der Waals surface area contributed by atoms with E-state index in [1.165, 1.54) is 104 Å². The lowest BCUT2D eigenvalue weighted by molar-refractivity contribution is -0.157. The highest BCUT2D eigenvalue weighted by molar-refractivity contribution is 7.99. The molecular weight excluding hydrogens is 1200 g/mol. The maximum absolute atomic E-state index is 15.3. The number of methoxy groups -OCH3 is 1. The number of rotatable bonds is 21. The molecule has 13 atom stereocenters. The third-order valence-corrected chi connectivity index (χ3v) is 18.5. The van der Waals surface area contributed by atoms with E-state index >= 15 is 28.8 Å². The molecule has 0 unspecified atom stereocenters. The fourth-order valence-electron chi connectivity index (χ4n) is 11.6. The molecule has 1 fully saturated rings. The number of carbonyl (C=O) groups excluding carboxylic acids is 11. The first-order chi connectivity index (χ1) is 42.7. The molecule has 24 nitrogen and oxygen atoms in total. The number of ether oxygens (including phenoxy) is 1. The van der Waals surface area contributed by atoms with Gasteiger partial charge in [-0.05, 0) is 113 Å². The van der Waals surface area contributed by atoms with E-state index < -0.39 is 161 Å². The van der Waals surface area contributed by atoms with Crippen molar-refractivity contribution in [1.82, 2.24) is 55.6 Å². The van der Waals surface area contributed by atoms with E-state index in [0.29, 0.717) is 18.8 Å². The second kappa shape index (κ2) is 39.8. The summed E-state index contributed by atoms with van der Waals surface area (Å²) in [4.78, 5) is 172. The Kier molecular flexibility index (Phi) is 36.4. The summed E-state index contributed by atoms with van der Waals surface area (Å²) < 4.78 is 5.25. The van der Waals surface area contributed by atoms with Crippen LogP contribution in [0.15, 0.2) is 12.2 Å². The molecule has 0 aromatic carbocycles. The fraction of sp³-hybridized carbons (Fsp3) is 0.806. The van der Waals surface area contributed by atoms with Crippen LogP contribution in [0.1, 0.15) is 163 Å². The zero-order chi connectivity index (χ0) is 71.1. The van der Waals surface area contributed by atoms with Crippen LogP contribution < -0.4 is 21.3 Å². The van der Waals surface area contributed by atoms with Crippen LogP contribution in [-0.4, -0.2) is 252 Å². The molecule has 1 rings (SSSR count). The second-order valence-corrected chi connectivity index (χ2v) is 28.8. The molecular formula is C67H121N11O13S. The molecule has 1 aliphatic rings. The molecule has 1 saturated heterocycles. The Balaban J connectivity index is 4.50. The molecule has 5 N–H and O–H groups in total. The number of nitrogens with zero attached hydrogens (tertiary/aromatic N) is 7. The van der Waals surface area contributed by atoms with Crippen LogP contribution in [0.5, 0.6) is 0 Å². The monoisotopic (exact) mass is 1320 g/mol. The predicted molar refractivity (Wildman–Crippen MR) is 361 cm³/mol. The molecule has 0 aromatic rings. The van der Waals surface area contributed by atoms with E-state index in [1.807, 2.05) is 54.5 Å². The third-order valence-electron chi connectivity index (χ3n) is 17.4. The molecule has 25 heteroatoms. The SMILES string of the molecule is C/C=C/C[C@@H](C)[C@@H](O)[C@H]1C(=O)N[C@@H](CC)C(=O)N(C)[C@H](CSCCCCOC)C(=O)N(C)[C@@H](C(C)C)C(=O)N[C@H](C(C)C)C(=O)N(C)[C@H](CC(C)C)C(=O)N[C@H](C)C(=O)N[C@@H](C)C(=O)N(C)[C@@H](CC(C)C)C(=O)N(C)[C@@H](CC(C)C)C(=O)N(C)[C@@H](C(C)C)C(=O)N1C. The quantitative estimate of drug-likeness (QED) is 0.0787. The number of hydrogen-bond donors (Lipinski definition) is 5. The first-order valence-corrected chi connectivity index (χ1v) is 34.3. The van der Waals surface area contributed by atoms with Gasteiger partial charge in [0.2, 0.25) is 65.0 Å². The molecule has 92 heavy (non-hydrogen) atoms. The Labute approximate surface area is 555 Å². The summed E-state index contributed by atoms with van der Waals surface area (Å²) in [5.74, 6) is -9.55. The smallest absolute Gasteiger partial charge is 0.246 e. The number of thioether (sulfide) groups is 1. The summed E-state index contributed by atoms with van der Waals surface area (Å²) in [5.41, 5.74) is 0. The third kappa shape index (κ3) is 23.9. The predicted octanol–water partition coefficient (Wildman–Crippen LogP) is 4.41. The van der Waals surface area contributed by atoms with E-state index in [-0.39, 0.29) is 49.2 Å². The van der Waals surface area contributed by atoms with Crippen LogP contribution in [0.4, 0.5) is 0 Å². The highest BCUT2D eigenvalue weighted by Gasteiger charge is 2.46. The van der Waals surface area contributed by atoms with Gasteiger partial charge in [0.05, 0.1) is 6.10 Å². The minimum Gasteiger partial charge on any atom is -0.390 e. The average Bonchev–Trinajstić information content (AvgIpc) is 0.840. The normalized spacial score (nSPS) is 26.6. The van der Waals surface area contributed by atoms with Crippen LogP contribution in [0.25, 0.3) is 0 Å². The lowest BCUT2D eigenvalue weighted by atomic mass is 9.91. The van der Waals surface area contributed by atoms with Gasteiger partial charge < -0.3 is 65.4 Å². The standard InChI is InChI=1S/C67H121N11O13S/c1-26-28-31-44(15)56(79)55-60(83)70-47(27-2)62(85)75(21)51(37-92-33-30-29-32-91-25)65(88)76(22)53(42(11)12)59(82)71-52(41(9)10)66(89)72(18)48(34-38(3)4)58(81)68-45(16)57(80)69-46(17)61(84)73(19)49(35-39(5)6)63(86)74(20)50(36-40(7)8)64(87)77(23)54(43(13)14)67(90)78(55)24/h26,28,38-56,79H,27,29-37H2,1-25H3,(H,68,81)(H,69,80)(H,70,83)(H,71,82)/b28-26+/t44-,45-,46+,47+,48-,49+,50+,51-,52-,53+,54+,55+,56-/m1/s1. The summed E-state index contributed by atoms with van der Waals surface area (Å²) in [7, 11) is 11.7. The number of likely N-dealkylation sites (N-methyl/N-ethyl adjacent to an activating group) is 7. The minimum absolute atomic E-state index is 0.00454. The van der Waals surface area contributed by atoms with Gasteiger partial charge in [0.1, 0.15) is 66.5 Å². The maximum atomic E-state index is 15.3. The van der Waals surface area contributed by atoms with Gasteiger partial charge in [-0.2, -0.15) is 11.8 Å². The van der Waals surface area contributed by atoms with Crippen LogP contribution in [0.2, 0.25) is 0 Å². The zero-order valence-corrected chi connectivity index (χ0v) is 61.4. The molecule has 0 aromatic heterocycles. The number of hydrogen-bond acceptors (Lipinski definition) is 14. The summed E-state index contributed by atoms with van der Waals surface area (Å²) in [6.07, 6.45) is 4.29. The summed E-state index contributed by atoms with van der Waals surface area (Å²) in [5, 5.41) is 23.4. The summed E-state index contributed by atoms with van der Waals surface area (Å²) in [6.45, 7) is 30.2. The lowest BCUT2D eigenvalue weighted by Gasteiger charge is -2.41.